The maximum absolute atomic E-state index is 13.3. The van der Waals surface area contributed by atoms with Crippen LogP contribution in [0.3, 0.4) is 0 Å². The van der Waals surface area contributed by atoms with Gasteiger partial charge in [-0.05, 0) is 47.5 Å². The highest BCUT2D eigenvalue weighted by atomic mass is 16.5. The van der Waals surface area contributed by atoms with Gasteiger partial charge in [0.05, 0.1) is 31.6 Å². The van der Waals surface area contributed by atoms with Crippen LogP contribution in [-0.4, -0.2) is 30.4 Å². The lowest BCUT2D eigenvalue weighted by Crippen LogP contribution is -2.12. The van der Waals surface area contributed by atoms with Crippen LogP contribution in [-0.2, 0) is 9.53 Å². The lowest BCUT2D eigenvalue weighted by molar-refractivity contribution is -0.140. The molecule has 4 rings (SSSR count). The number of esters is 1. The van der Waals surface area contributed by atoms with Crippen LogP contribution in [0.25, 0.3) is 22.1 Å². The van der Waals surface area contributed by atoms with Gasteiger partial charge < -0.3 is 24.1 Å². The molecule has 168 valence electrons. The van der Waals surface area contributed by atoms with Gasteiger partial charge in [-0.2, -0.15) is 0 Å². The molecule has 0 spiro atoms. The number of fused-ring (bicyclic) bond motifs is 1. The van der Waals surface area contributed by atoms with E-state index >= 15 is 0 Å². The summed E-state index contributed by atoms with van der Waals surface area (Å²) in [6.07, 6.45) is 1.24. The first-order valence-electron chi connectivity index (χ1n) is 10.2. The zero-order valence-corrected chi connectivity index (χ0v) is 18.1. The highest BCUT2D eigenvalue weighted by molar-refractivity contribution is 5.87. The van der Waals surface area contributed by atoms with Crippen LogP contribution < -0.4 is 10.2 Å². The average Bonchev–Trinajstić information content (AvgIpc) is 2.83. The largest absolute Gasteiger partial charge is 0.508 e. The van der Waals surface area contributed by atoms with Crippen molar-refractivity contribution in [2.45, 2.75) is 12.3 Å². The van der Waals surface area contributed by atoms with Crippen molar-refractivity contribution in [2.24, 2.45) is 0 Å². The molecule has 0 saturated carbocycles. The molecule has 0 bridgehead atoms. The van der Waals surface area contributed by atoms with Gasteiger partial charge in [-0.15, -0.1) is 0 Å². The molecule has 7 nitrogen and oxygen atoms in total. The number of aromatic hydroxyl groups is 2. The fourth-order valence-electron chi connectivity index (χ4n) is 3.88. The summed E-state index contributed by atoms with van der Waals surface area (Å²) >= 11 is 0. The number of benzene rings is 3. The highest BCUT2D eigenvalue weighted by Crippen LogP contribution is 2.40. The summed E-state index contributed by atoms with van der Waals surface area (Å²) in [5.41, 5.74) is 1.76. The normalized spacial score (nSPS) is 11.8. The van der Waals surface area contributed by atoms with Crippen molar-refractivity contribution in [3.05, 3.63) is 88.3 Å². The first kappa shape index (κ1) is 22.0. The Bertz CT molecular complexity index is 1370. The highest BCUT2D eigenvalue weighted by Gasteiger charge is 2.27. The molecule has 1 atom stereocenters. The monoisotopic (exact) mass is 446 g/mol. The summed E-state index contributed by atoms with van der Waals surface area (Å²) in [4.78, 5) is 25.6. The molecule has 0 fully saturated rings. The van der Waals surface area contributed by atoms with E-state index < -0.39 is 11.9 Å². The van der Waals surface area contributed by atoms with Crippen LogP contribution in [0.4, 0.5) is 0 Å². The fraction of sp³-hybridized carbons (Fsp3) is 0.154. The summed E-state index contributed by atoms with van der Waals surface area (Å²) in [6.45, 7) is 0. The van der Waals surface area contributed by atoms with E-state index in [2.05, 4.69) is 0 Å². The Balaban J connectivity index is 1.94. The molecule has 1 heterocycles. The topological polar surface area (TPSA) is 106 Å². The molecule has 7 heteroatoms. The van der Waals surface area contributed by atoms with Crippen LogP contribution in [0, 0.1) is 0 Å². The zero-order chi connectivity index (χ0) is 23.5. The van der Waals surface area contributed by atoms with Crippen molar-refractivity contribution < 1.29 is 28.9 Å². The van der Waals surface area contributed by atoms with Crippen LogP contribution in [0.5, 0.6) is 17.2 Å². The summed E-state index contributed by atoms with van der Waals surface area (Å²) < 4.78 is 16.1. The van der Waals surface area contributed by atoms with E-state index in [0.717, 1.165) is 0 Å². The minimum atomic E-state index is -0.654. The Morgan fingerprint density at radius 1 is 1.03 bits per heavy atom. The van der Waals surface area contributed by atoms with E-state index in [0.29, 0.717) is 28.0 Å². The lowest BCUT2D eigenvalue weighted by atomic mass is 9.86. The molecule has 0 aliphatic heterocycles. The quantitative estimate of drug-likeness (QED) is 0.418. The van der Waals surface area contributed by atoms with Gasteiger partial charge in [-0.25, -0.2) is 0 Å². The molecule has 33 heavy (non-hydrogen) atoms. The van der Waals surface area contributed by atoms with E-state index in [1.807, 2.05) is 0 Å². The number of carbonyl (C=O) groups excluding carboxylic acids is 1. The number of rotatable bonds is 6. The molecule has 0 amide bonds. The minimum absolute atomic E-state index is 0.0834. The second kappa shape index (κ2) is 9.08. The number of carbonyl (C=O) groups is 1. The van der Waals surface area contributed by atoms with Crippen LogP contribution >= 0.6 is 0 Å². The summed E-state index contributed by atoms with van der Waals surface area (Å²) in [5, 5.41) is 20.6. The van der Waals surface area contributed by atoms with E-state index in [-0.39, 0.29) is 34.3 Å². The number of phenols is 2. The van der Waals surface area contributed by atoms with Gasteiger partial charge in [-0.3, -0.25) is 9.59 Å². The molecule has 3 aromatic carbocycles. The first-order valence-corrected chi connectivity index (χ1v) is 10.2. The van der Waals surface area contributed by atoms with Crippen LogP contribution in [0.1, 0.15) is 23.5 Å². The Morgan fingerprint density at radius 2 is 1.79 bits per heavy atom. The number of phenolic OH excluding ortho intramolecular Hbond substituents is 2. The lowest BCUT2D eigenvalue weighted by Gasteiger charge is -2.20. The van der Waals surface area contributed by atoms with Crippen molar-refractivity contribution in [1.82, 2.24) is 0 Å². The maximum atomic E-state index is 13.3. The van der Waals surface area contributed by atoms with Crippen LogP contribution in [0.2, 0.25) is 0 Å². The molecular weight excluding hydrogens is 424 g/mol. The third kappa shape index (κ3) is 4.25. The number of hydrogen-bond acceptors (Lipinski definition) is 7. The van der Waals surface area contributed by atoms with E-state index in [1.165, 1.54) is 44.7 Å². The summed E-state index contributed by atoms with van der Waals surface area (Å²) in [7, 11) is 2.83. The fourth-order valence-corrected chi connectivity index (χ4v) is 3.88. The summed E-state index contributed by atoms with van der Waals surface area (Å²) in [5.74, 6) is -0.584. The van der Waals surface area contributed by atoms with Crippen LogP contribution in [0.15, 0.2) is 76.1 Å². The van der Waals surface area contributed by atoms with Crippen molar-refractivity contribution in [2.75, 3.05) is 14.2 Å². The number of methoxy groups -OCH3 is 2. The molecule has 1 aromatic heterocycles. The predicted octanol–water partition coefficient (Wildman–Crippen LogP) is 4.57. The van der Waals surface area contributed by atoms with Gasteiger partial charge in [0, 0.05) is 11.5 Å². The Labute approximate surface area is 189 Å². The van der Waals surface area contributed by atoms with Crippen molar-refractivity contribution in [3.8, 4) is 28.4 Å². The molecule has 2 N–H and O–H groups in total. The van der Waals surface area contributed by atoms with Gasteiger partial charge in [-0.1, -0.05) is 24.3 Å². The smallest absolute Gasteiger partial charge is 0.306 e. The molecule has 0 radical (unpaired) electrons. The molecule has 0 saturated heterocycles. The van der Waals surface area contributed by atoms with Gasteiger partial charge in [0.1, 0.15) is 29.1 Å². The van der Waals surface area contributed by atoms with Crippen molar-refractivity contribution >= 4 is 16.9 Å². The van der Waals surface area contributed by atoms with Gasteiger partial charge >= 0.3 is 5.97 Å². The third-order valence-electron chi connectivity index (χ3n) is 5.58. The maximum Gasteiger partial charge on any atom is 0.306 e. The molecule has 0 aliphatic carbocycles. The van der Waals surface area contributed by atoms with Gasteiger partial charge in [0.25, 0.3) is 0 Å². The van der Waals surface area contributed by atoms with E-state index in [4.69, 9.17) is 13.9 Å². The second-order valence-corrected chi connectivity index (χ2v) is 7.51. The molecule has 0 aliphatic rings. The Kier molecular flexibility index (Phi) is 6.04. The molecule has 0 unspecified atom stereocenters. The minimum Gasteiger partial charge on any atom is -0.508 e. The standard InChI is InChI=1S/C26H22O7/c1-31-18-5-3-4-16(12-18)20(13-23(29)32-2)24-22(28)11-10-19-25(30)21(14-33-26(19)24)15-6-8-17(27)9-7-15/h3-12,14,20,27-28H,13H2,1-2H3/t20-/m1/s1. The Morgan fingerprint density at radius 3 is 2.48 bits per heavy atom. The number of hydrogen-bond donors (Lipinski definition) is 2. The number of ether oxygens (including phenoxy) is 2. The van der Waals surface area contributed by atoms with Crippen molar-refractivity contribution in [1.29, 1.82) is 0 Å². The average molecular weight is 446 g/mol. The van der Waals surface area contributed by atoms with E-state index in [9.17, 15) is 19.8 Å². The molecular formula is C26H22O7. The Hall–Kier alpha value is -4.26. The predicted molar refractivity (Wildman–Crippen MR) is 123 cm³/mol. The van der Waals surface area contributed by atoms with Gasteiger partial charge in [0.2, 0.25) is 5.43 Å². The SMILES string of the molecule is COC(=O)C[C@H](c1cccc(OC)c1)c1c(O)ccc2c(=O)c(-c3ccc(O)cc3)coc12. The first-order chi connectivity index (χ1) is 15.9. The second-order valence-electron chi connectivity index (χ2n) is 7.51. The summed E-state index contributed by atoms with van der Waals surface area (Å²) in [6, 6.07) is 16.2. The zero-order valence-electron chi connectivity index (χ0n) is 18.1. The van der Waals surface area contributed by atoms with Gasteiger partial charge in [0.15, 0.2) is 0 Å². The molecule has 4 aromatic rings. The van der Waals surface area contributed by atoms with E-state index in [1.54, 1.807) is 36.4 Å². The van der Waals surface area contributed by atoms with Crippen molar-refractivity contribution in [3.63, 3.8) is 0 Å². The third-order valence-corrected chi connectivity index (χ3v) is 5.58.